The van der Waals surface area contributed by atoms with E-state index in [1.54, 1.807) is 12.1 Å². The van der Waals surface area contributed by atoms with Crippen molar-refractivity contribution in [3.63, 3.8) is 0 Å². The molecule has 2 rings (SSSR count). The highest BCUT2D eigenvalue weighted by Crippen LogP contribution is 2.28. The first-order valence-electron chi connectivity index (χ1n) is 5.36. The van der Waals surface area contributed by atoms with Gasteiger partial charge in [0.1, 0.15) is 5.76 Å². The molecule has 4 heteroatoms. The second-order valence-electron chi connectivity index (χ2n) is 3.77. The van der Waals surface area contributed by atoms with Crippen molar-refractivity contribution in [3.05, 3.63) is 51.2 Å². The van der Waals surface area contributed by atoms with Crippen LogP contribution in [0.3, 0.4) is 0 Å². The van der Waals surface area contributed by atoms with Gasteiger partial charge in [-0.05, 0) is 31.5 Å². The average Bonchev–Trinajstić information content (AvgIpc) is 2.78. The SMILES string of the molecule is [C-]#[N+]c1ccc(-c2cc(CC)c(=O)[nH]c2C)o1. The van der Waals surface area contributed by atoms with E-state index in [0.29, 0.717) is 17.7 Å². The maximum absolute atomic E-state index is 11.6. The minimum Gasteiger partial charge on any atom is -0.480 e. The molecule has 0 aromatic carbocycles. The Hall–Kier alpha value is -2.28. The zero-order valence-corrected chi connectivity index (χ0v) is 9.70. The zero-order chi connectivity index (χ0) is 12.4. The molecule has 2 heterocycles. The third-order valence-electron chi connectivity index (χ3n) is 2.66. The van der Waals surface area contributed by atoms with E-state index in [9.17, 15) is 4.79 Å². The van der Waals surface area contributed by atoms with Crippen LogP contribution in [-0.2, 0) is 6.42 Å². The molecule has 17 heavy (non-hydrogen) atoms. The fourth-order valence-corrected chi connectivity index (χ4v) is 1.72. The summed E-state index contributed by atoms with van der Waals surface area (Å²) in [5, 5.41) is 0. The van der Waals surface area contributed by atoms with Crippen LogP contribution < -0.4 is 5.56 Å². The smallest absolute Gasteiger partial charge is 0.346 e. The van der Waals surface area contributed by atoms with Crippen LogP contribution in [0, 0.1) is 13.5 Å². The predicted molar refractivity (Wildman–Crippen MR) is 65.1 cm³/mol. The lowest BCUT2D eigenvalue weighted by molar-refractivity contribution is 0.606. The monoisotopic (exact) mass is 228 g/mol. The first-order chi connectivity index (χ1) is 8.15. The lowest BCUT2D eigenvalue weighted by Gasteiger charge is -2.05. The van der Waals surface area contributed by atoms with Gasteiger partial charge < -0.3 is 9.40 Å². The standard InChI is InChI=1S/C13H12N2O2/c1-4-9-7-10(8(2)15-13(9)16)11-5-6-12(14-3)17-11/h5-7H,4H2,1-2H3,(H,15,16). The van der Waals surface area contributed by atoms with Crippen molar-refractivity contribution in [2.75, 3.05) is 0 Å². The van der Waals surface area contributed by atoms with Gasteiger partial charge in [-0.2, -0.15) is 4.85 Å². The maximum atomic E-state index is 11.6. The molecule has 0 radical (unpaired) electrons. The first kappa shape index (κ1) is 11.2. The molecule has 0 aliphatic rings. The van der Waals surface area contributed by atoms with E-state index >= 15 is 0 Å². The van der Waals surface area contributed by atoms with Crippen LogP contribution in [0.5, 0.6) is 0 Å². The third-order valence-corrected chi connectivity index (χ3v) is 2.66. The van der Waals surface area contributed by atoms with E-state index in [1.165, 1.54) is 0 Å². The predicted octanol–water partition coefficient (Wildman–Crippen LogP) is 3.06. The number of pyridine rings is 1. The van der Waals surface area contributed by atoms with Crippen LogP contribution >= 0.6 is 0 Å². The van der Waals surface area contributed by atoms with Gasteiger partial charge in [-0.1, -0.05) is 6.92 Å². The zero-order valence-electron chi connectivity index (χ0n) is 9.70. The Labute approximate surface area is 98.7 Å². The van der Waals surface area contributed by atoms with Crippen molar-refractivity contribution in [2.45, 2.75) is 20.3 Å². The van der Waals surface area contributed by atoms with Gasteiger partial charge in [-0.15, -0.1) is 0 Å². The largest absolute Gasteiger partial charge is 0.480 e. The number of aryl methyl sites for hydroxylation is 2. The van der Waals surface area contributed by atoms with Gasteiger partial charge in [0.05, 0.1) is 6.57 Å². The van der Waals surface area contributed by atoms with Crippen molar-refractivity contribution in [1.82, 2.24) is 4.98 Å². The van der Waals surface area contributed by atoms with Crippen molar-refractivity contribution in [3.8, 4) is 11.3 Å². The first-order valence-corrected chi connectivity index (χ1v) is 5.36. The summed E-state index contributed by atoms with van der Waals surface area (Å²) in [6.07, 6.45) is 0.666. The highest BCUT2D eigenvalue weighted by molar-refractivity contribution is 5.63. The van der Waals surface area contributed by atoms with Crippen molar-refractivity contribution in [1.29, 1.82) is 0 Å². The molecule has 0 aliphatic carbocycles. The van der Waals surface area contributed by atoms with Crippen molar-refractivity contribution < 1.29 is 4.42 Å². The molecule has 86 valence electrons. The topological polar surface area (TPSA) is 50.4 Å². The van der Waals surface area contributed by atoms with E-state index in [0.717, 1.165) is 11.3 Å². The van der Waals surface area contributed by atoms with E-state index in [2.05, 4.69) is 9.83 Å². The van der Waals surface area contributed by atoms with Crippen LogP contribution in [0.4, 0.5) is 5.88 Å². The van der Waals surface area contributed by atoms with Gasteiger partial charge in [0.2, 0.25) is 0 Å². The third kappa shape index (κ3) is 2.00. The molecule has 0 amide bonds. The number of aromatic nitrogens is 1. The van der Waals surface area contributed by atoms with Gasteiger partial charge in [0.15, 0.2) is 0 Å². The van der Waals surface area contributed by atoms with Crippen LogP contribution in [0.15, 0.2) is 27.4 Å². The summed E-state index contributed by atoms with van der Waals surface area (Å²) in [6.45, 7) is 10.6. The molecular formula is C13H12N2O2. The Bertz CT molecular complexity index is 644. The Morgan fingerprint density at radius 2 is 2.24 bits per heavy atom. The maximum Gasteiger partial charge on any atom is 0.346 e. The molecule has 0 aliphatic heterocycles. The molecule has 0 unspecified atom stereocenters. The summed E-state index contributed by atoms with van der Waals surface area (Å²) < 4.78 is 5.36. The van der Waals surface area contributed by atoms with Gasteiger partial charge >= 0.3 is 5.88 Å². The minimum atomic E-state index is -0.0642. The summed E-state index contributed by atoms with van der Waals surface area (Å²) in [5.41, 5.74) is 2.23. The highest BCUT2D eigenvalue weighted by Gasteiger charge is 2.10. The molecular weight excluding hydrogens is 216 g/mol. The van der Waals surface area contributed by atoms with Crippen LogP contribution in [0.1, 0.15) is 18.2 Å². The quantitative estimate of drug-likeness (QED) is 0.803. The Balaban J connectivity index is 2.59. The number of H-pyrrole nitrogens is 1. The summed E-state index contributed by atoms with van der Waals surface area (Å²) in [4.78, 5) is 17.6. The van der Waals surface area contributed by atoms with Crippen LogP contribution in [-0.4, -0.2) is 4.98 Å². The molecule has 0 spiro atoms. The highest BCUT2D eigenvalue weighted by atomic mass is 16.4. The molecule has 0 saturated carbocycles. The number of nitrogens with zero attached hydrogens (tertiary/aromatic N) is 1. The normalized spacial score (nSPS) is 10.2. The van der Waals surface area contributed by atoms with E-state index < -0.39 is 0 Å². The number of hydrogen-bond acceptors (Lipinski definition) is 2. The summed E-state index contributed by atoms with van der Waals surface area (Å²) in [6, 6.07) is 5.19. The summed E-state index contributed by atoms with van der Waals surface area (Å²) in [5.74, 6) is 0.864. The number of furan rings is 1. The molecule has 0 bridgehead atoms. The van der Waals surface area contributed by atoms with Crippen molar-refractivity contribution in [2.24, 2.45) is 0 Å². The van der Waals surface area contributed by atoms with E-state index in [-0.39, 0.29) is 11.4 Å². The van der Waals surface area contributed by atoms with E-state index in [4.69, 9.17) is 11.0 Å². The molecule has 0 atom stereocenters. The number of hydrogen-bond donors (Lipinski definition) is 1. The van der Waals surface area contributed by atoms with E-state index in [1.807, 2.05) is 19.9 Å². The lowest BCUT2D eigenvalue weighted by Crippen LogP contribution is -2.13. The molecule has 2 aromatic rings. The van der Waals surface area contributed by atoms with Gasteiger partial charge in [-0.3, -0.25) is 4.79 Å². The second kappa shape index (κ2) is 4.30. The Kier molecular flexibility index (Phi) is 2.84. The van der Waals surface area contributed by atoms with Gasteiger partial charge in [-0.25, -0.2) is 0 Å². The molecule has 0 saturated heterocycles. The fourth-order valence-electron chi connectivity index (χ4n) is 1.72. The summed E-state index contributed by atoms with van der Waals surface area (Å²) >= 11 is 0. The molecule has 1 N–H and O–H groups in total. The molecule has 2 aromatic heterocycles. The van der Waals surface area contributed by atoms with Crippen LogP contribution in [0.2, 0.25) is 0 Å². The molecule has 0 fully saturated rings. The second-order valence-corrected chi connectivity index (χ2v) is 3.77. The van der Waals surface area contributed by atoms with Crippen molar-refractivity contribution >= 4 is 5.88 Å². The van der Waals surface area contributed by atoms with Gasteiger partial charge in [0.25, 0.3) is 5.56 Å². The van der Waals surface area contributed by atoms with Gasteiger partial charge in [0, 0.05) is 16.8 Å². The summed E-state index contributed by atoms with van der Waals surface area (Å²) in [7, 11) is 0. The van der Waals surface area contributed by atoms with Crippen LogP contribution in [0.25, 0.3) is 16.2 Å². The number of nitrogens with one attached hydrogen (secondary N) is 1. The fraction of sp³-hybridized carbons (Fsp3) is 0.231. The number of aromatic amines is 1. The number of rotatable bonds is 2. The molecule has 4 nitrogen and oxygen atoms in total. The Morgan fingerprint density at radius 3 is 2.82 bits per heavy atom. The Morgan fingerprint density at radius 1 is 1.47 bits per heavy atom. The lowest BCUT2D eigenvalue weighted by atomic mass is 10.1. The minimum absolute atomic E-state index is 0.0642. The average molecular weight is 228 g/mol.